The molecular weight excluding hydrogens is 282 g/mol. The minimum Gasteiger partial charge on any atom is -0.481 e. The number of likely N-dealkylation sites (tertiary alicyclic amines) is 1. The Labute approximate surface area is 130 Å². The molecule has 0 radical (unpaired) electrons. The van der Waals surface area contributed by atoms with Crippen molar-refractivity contribution in [3.63, 3.8) is 0 Å². The number of carboxylic acid groups (broad SMARTS) is 1. The van der Waals surface area contributed by atoms with Crippen LogP contribution in [0.15, 0.2) is 30.3 Å². The number of rotatable bonds is 6. The highest BCUT2D eigenvalue weighted by Crippen LogP contribution is 2.30. The largest absolute Gasteiger partial charge is 0.481 e. The molecule has 0 aliphatic carbocycles. The van der Waals surface area contributed by atoms with E-state index < -0.39 is 11.9 Å². The zero-order valence-corrected chi connectivity index (χ0v) is 12.9. The molecule has 1 aliphatic rings. The van der Waals surface area contributed by atoms with E-state index in [9.17, 15) is 9.59 Å². The molecule has 0 bridgehead atoms. The molecule has 0 aromatic heterocycles. The fraction of sp³-hybridized carbons (Fsp3) is 0.529. The number of benzene rings is 1. The van der Waals surface area contributed by atoms with Crippen LogP contribution in [0.4, 0.5) is 0 Å². The van der Waals surface area contributed by atoms with Gasteiger partial charge in [0.15, 0.2) is 0 Å². The van der Waals surface area contributed by atoms with E-state index in [2.05, 4.69) is 12.1 Å². The van der Waals surface area contributed by atoms with Gasteiger partial charge >= 0.3 is 5.97 Å². The van der Waals surface area contributed by atoms with Crippen molar-refractivity contribution in [1.82, 2.24) is 4.90 Å². The standard InChI is InChI=1S/C17H23NO4/c1-22-10-9-18-12-15(13-5-3-2-4-6-13)8-7-14(17(18)21)11-16(19)20/h2-6,14-15H,7-12H2,1H3,(H,19,20)/t14-,15+/m0/s1. The summed E-state index contributed by atoms with van der Waals surface area (Å²) >= 11 is 0. The van der Waals surface area contributed by atoms with Crippen molar-refractivity contribution in [3.8, 4) is 0 Å². The van der Waals surface area contributed by atoms with Crippen molar-refractivity contribution in [1.29, 1.82) is 0 Å². The SMILES string of the molecule is COCCN1C[C@H](c2ccccc2)CC[C@@H](CC(=O)O)C1=O. The molecule has 1 heterocycles. The van der Waals surface area contributed by atoms with E-state index >= 15 is 0 Å². The molecule has 0 unspecified atom stereocenters. The third-order valence-corrected chi connectivity index (χ3v) is 4.22. The lowest BCUT2D eigenvalue weighted by atomic mass is 9.91. The lowest BCUT2D eigenvalue weighted by molar-refractivity contribution is -0.144. The number of carbonyl (C=O) groups excluding carboxylic acids is 1. The van der Waals surface area contributed by atoms with Gasteiger partial charge in [0.1, 0.15) is 0 Å². The molecule has 1 saturated heterocycles. The van der Waals surface area contributed by atoms with E-state index in [0.717, 1.165) is 6.42 Å². The first-order chi connectivity index (χ1) is 10.6. The van der Waals surface area contributed by atoms with E-state index in [1.165, 1.54) is 5.56 Å². The lowest BCUT2D eigenvalue weighted by Crippen LogP contribution is -2.39. The summed E-state index contributed by atoms with van der Waals surface area (Å²) in [5.41, 5.74) is 1.20. The molecule has 1 fully saturated rings. The van der Waals surface area contributed by atoms with Crippen molar-refractivity contribution in [3.05, 3.63) is 35.9 Å². The first kappa shape index (κ1) is 16.5. The summed E-state index contributed by atoms with van der Waals surface area (Å²) in [5, 5.41) is 9.03. The van der Waals surface area contributed by atoms with Crippen LogP contribution in [0.3, 0.4) is 0 Å². The Hall–Kier alpha value is -1.88. The van der Waals surface area contributed by atoms with Gasteiger partial charge in [-0.3, -0.25) is 9.59 Å². The van der Waals surface area contributed by atoms with Gasteiger partial charge in [0.05, 0.1) is 13.0 Å². The third-order valence-electron chi connectivity index (χ3n) is 4.22. The van der Waals surface area contributed by atoms with Crippen LogP contribution in [0, 0.1) is 5.92 Å². The lowest BCUT2D eigenvalue weighted by Gasteiger charge is -2.26. The van der Waals surface area contributed by atoms with Crippen LogP contribution in [0.5, 0.6) is 0 Å². The topological polar surface area (TPSA) is 66.8 Å². The van der Waals surface area contributed by atoms with E-state index in [-0.39, 0.29) is 18.2 Å². The minimum atomic E-state index is -0.914. The van der Waals surface area contributed by atoms with Crippen molar-refractivity contribution >= 4 is 11.9 Å². The van der Waals surface area contributed by atoms with E-state index in [1.54, 1.807) is 12.0 Å². The zero-order chi connectivity index (χ0) is 15.9. The molecule has 120 valence electrons. The number of ether oxygens (including phenoxy) is 1. The van der Waals surface area contributed by atoms with Gasteiger partial charge < -0.3 is 14.7 Å². The molecule has 5 heteroatoms. The normalized spacial score (nSPS) is 22.4. The number of hydrogen-bond acceptors (Lipinski definition) is 3. The Morgan fingerprint density at radius 3 is 2.68 bits per heavy atom. The Bertz CT molecular complexity index is 503. The van der Waals surface area contributed by atoms with E-state index in [4.69, 9.17) is 9.84 Å². The molecule has 0 saturated carbocycles. The number of carboxylic acids is 1. The predicted octanol–water partition coefficient (Wildman–Crippen LogP) is 2.13. The van der Waals surface area contributed by atoms with Gasteiger partial charge in [0.2, 0.25) is 5.91 Å². The quantitative estimate of drug-likeness (QED) is 0.874. The summed E-state index contributed by atoms with van der Waals surface area (Å²) in [6, 6.07) is 10.1. The first-order valence-electron chi connectivity index (χ1n) is 7.66. The number of hydrogen-bond donors (Lipinski definition) is 1. The van der Waals surface area contributed by atoms with E-state index in [1.807, 2.05) is 18.2 Å². The fourth-order valence-corrected chi connectivity index (χ4v) is 3.03. The highest BCUT2D eigenvalue weighted by Gasteiger charge is 2.32. The highest BCUT2D eigenvalue weighted by atomic mass is 16.5. The van der Waals surface area contributed by atoms with E-state index in [0.29, 0.717) is 26.1 Å². The van der Waals surface area contributed by atoms with Crippen molar-refractivity contribution in [2.24, 2.45) is 5.92 Å². The molecule has 2 atom stereocenters. The maximum Gasteiger partial charge on any atom is 0.304 e. The van der Waals surface area contributed by atoms with Gasteiger partial charge in [-0.2, -0.15) is 0 Å². The molecule has 1 aromatic carbocycles. The van der Waals surface area contributed by atoms with Crippen LogP contribution in [-0.2, 0) is 14.3 Å². The highest BCUT2D eigenvalue weighted by molar-refractivity contribution is 5.83. The average molecular weight is 305 g/mol. The van der Waals surface area contributed by atoms with Crippen LogP contribution in [0.1, 0.15) is 30.7 Å². The Kier molecular flexibility index (Phi) is 5.95. The van der Waals surface area contributed by atoms with Crippen LogP contribution in [0.25, 0.3) is 0 Å². The monoisotopic (exact) mass is 305 g/mol. The van der Waals surface area contributed by atoms with Gasteiger partial charge in [0, 0.05) is 32.0 Å². The fourth-order valence-electron chi connectivity index (χ4n) is 3.03. The van der Waals surface area contributed by atoms with Gasteiger partial charge in [-0.25, -0.2) is 0 Å². The summed E-state index contributed by atoms with van der Waals surface area (Å²) in [4.78, 5) is 25.3. The second-order valence-corrected chi connectivity index (χ2v) is 5.76. The van der Waals surface area contributed by atoms with Crippen molar-refractivity contribution in [2.45, 2.75) is 25.2 Å². The predicted molar refractivity (Wildman–Crippen MR) is 82.6 cm³/mol. The summed E-state index contributed by atoms with van der Waals surface area (Å²) < 4.78 is 5.08. The molecule has 0 spiro atoms. The summed E-state index contributed by atoms with van der Waals surface area (Å²) in [6.45, 7) is 1.60. The van der Waals surface area contributed by atoms with Gasteiger partial charge in [-0.05, 0) is 18.4 Å². The Morgan fingerprint density at radius 2 is 2.05 bits per heavy atom. The van der Waals surface area contributed by atoms with Crippen molar-refractivity contribution < 1.29 is 19.4 Å². The smallest absolute Gasteiger partial charge is 0.304 e. The zero-order valence-electron chi connectivity index (χ0n) is 12.9. The van der Waals surface area contributed by atoms with Crippen LogP contribution < -0.4 is 0 Å². The van der Waals surface area contributed by atoms with Gasteiger partial charge in [-0.15, -0.1) is 0 Å². The first-order valence-corrected chi connectivity index (χ1v) is 7.66. The number of aliphatic carboxylic acids is 1. The van der Waals surface area contributed by atoms with Crippen LogP contribution in [-0.4, -0.2) is 48.7 Å². The molecule has 5 nitrogen and oxygen atoms in total. The minimum absolute atomic E-state index is 0.0575. The maximum atomic E-state index is 12.6. The van der Waals surface area contributed by atoms with Gasteiger partial charge in [0.25, 0.3) is 0 Å². The summed E-state index contributed by atoms with van der Waals surface area (Å²) in [5.74, 6) is -1.15. The van der Waals surface area contributed by atoms with Crippen LogP contribution in [0.2, 0.25) is 0 Å². The summed E-state index contributed by atoms with van der Waals surface area (Å²) in [7, 11) is 1.60. The summed E-state index contributed by atoms with van der Waals surface area (Å²) in [6.07, 6.45) is 1.36. The van der Waals surface area contributed by atoms with Crippen molar-refractivity contribution in [2.75, 3.05) is 26.8 Å². The Morgan fingerprint density at radius 1 is 1.32 bits per heavy atom. The number of carbonyl (C=O) groups is 2. The Balaban J connectivity index is 2.16. The number of amides is 1. The molecule has 1 aromatic rings. The molecule has 1 aliphatic heterocycles. The number of nitrogens with zero attached hydrogens (tertiary/aromatic N) is 1. The average Bonchev–Trinajstić information content (AvgIpc) is 2.66. The second-order valence-electron chi connectivity index (χ2n) is 5.76. The second kappa shape index (κ2) is 7.94. The van der Waals surface area contributed by atoms with Crippen LogP contribution >= 0.6 is 0 Å². The van der Waals surface area contributed by atoms with Gasteiger partial charge in [-0.1, -0.05) is 30.3 Å². The molecule has 22 heavy (non-hydrogen) atoms. The third kappa shape index (κ3) is 4.31. The molecule has 2 rings (SSSR count). The molecule has 1 amide bonds. The number of methoxy groups -OCH3 is 1. The molecule has 1 N–H and O–H groups in total. The maximum absolute atomic E-state index is 12.6. The molecular formula is C17H23NO4.